The Morgan fingerprint density at radius 1 is 0.917 bits per heavy atom. The van der Waals surface area contributed by atoms with Crippen LogP contribution in [0, 0.1) is 12.7 Å². The Hall–Kier alpha value is -3.15. The van der Waals surface area contributed by atoms with Crippen LogP contribution in [-0.4, -0.2) is 17.1 Å². The third-order valence-electron chi connectivity index (χ3n) is 3.30. The smallest absolute Gasteiger partial charge is 0.229 e. The molecule has 0 spiro atoms. The van der Waals surface area contributed by atoms with Gasteiger partial charge in [-0.05, 0) is 43.3 Å². The maximum absolute atomic E-state index is 13.0. The summed E-state index contributed by atoms with van der Waals surface area (Å²) in [4.78, 5) is 8.78. The normalized spacial score (nSPS) is 10.3. The maximum atomic E-state index is 13.0. The van der Waals surface area contributed by atoms with Gasteiger partial charge in [-0.15, -0.1) is 0 Å². The molecule has 2 aromatic carbocycles. The van der Waals surface area contributed by atoms with Crippen LogP contribution in [0.4, 0.5) is 27.5 Å². The molecule has 0 atom stereocenters. The van der Waals surface area contributed by atoms with Crippen molar-refractivity contribution in [2.45, 2.75) is 6.92 Å². The lowest BCUT2D eigenvalue weighted by Gasteiger charge is -2.10. The number of ether oxygens (including phenoxy) is 1. The number of nitrogens with one attached hydrogen (secondary N) is 2. The lowest BCUT2D eigenvalue weighted by Crippen LogP contribution is -2.02. The summed E-state index contributed by atoms with van der Waals surface area (Å²) < 4.78 is 18.2. The Labute approximate surface area is 139 Å². The van der Waals surface area contributed by atoms with E-state index in [4.69, 9.17) is 4.74 Å². The third-order valence-corrected chi connectivity index (χ3v) is 3.30. The first-order valence-corrected chi connectivity index (χ1v) is 7.42. The molecule has 0 saturated heterocycles. The summed E-state index contributed by atoms with van der Waals surface area (Å²) in [6.07, 6.45) is 0. The van der Waals surface area contributed by atoms with E-state index in [1.54, 1.807) is 19.2 Å². The van der Waals surface area contributed by atoms with Gasteiger partial charge in [-0.25, -0.2) is 9.37 Å². The topological polar surface area (TPSA) is 59.1 Å². The molecule has 0 aliphatic carbocycles. The average molecular weight is 324 g/mol. The van der Waals surface area contributed by atoms with E-state index in [2.05, 4.69) is 20.6 Å². The Morgan fingerprint density at radius 3 is 2.46 bits per heavy atom. The van der Waals surface area contributed by atoms with Crippen LogP contribution < -0.4 is 15.4 Å². The van der Waals surface area contributed by atoms with Crippen LogP contribution in [0.1, 0.15) is 5.69 Å². The molecule has 24 heavy (non-hydrogen) atoms. The number of anilines is 4. The van der Waals surface area contributed by atoms with Gasteiger partial charge in [0.15, 0.2) is 0 Å². The highest BCUT2D eigenvalue weighted by molar-refractivity contribution is 5.61. The van der Waals surface area contributed by atoms with E-state index in [0.717, 1.165) is 17.1 Å². The summed E-state index contributed by atoms with van der Waals surface area (Å²) in [7, 11) is 1.62. The standard InChI is InChI=1S/C18H17FN4O/c1-12-10-17(21-15-4-3-5-16(11-15)24-2)23-18(20-12)22-14-8-6-13(19)7-9-14/h3-11H,1-2H3,(H2,20,21,22,23). The average Bonchev–Trinajstić information content (AvgIpc) is 2.56. The molecule has 2 N–H and O–H groups in total. The van der Waals surface area contributed by atoms with E-state index in [0.29, 0.717) is 17.5 Å². The monoisotopic (exact) mass is 324 g/mol. The molecule has 3 aromatic rings. The van der Waals surface area contributed by atoms with Crippen LogP contribution in [0.25, 0.3) is 0 Å². The van der Waals surface area contributed by atoms with Crippen LogP contribution in [0.5, 0.6) is 5.75 Å². The Bertz CT molecular complexity index is 837. The first kappa shape index (κ1) is 15.7. The van der Waals surface area contributed by atoms with Crippen molar-refractivity contribution in [3.8, 4) is 5.75 Å². The fourth-order valence-electron chi connectivity index (χ4n) is 2.20. The molecule has 122 valence electrons. The van der Waals surface area contributed by atoms with Crippen LogP contribution in [0.3, 0.4) is 0 Å². The molecule has 3 rings (SSSR count). The molecule has 1 heterocycles. The molecule has 0 saturated carbocycles. The number of benzene rings is 2. The van der Waals surface area contributed by atoms with Crippen molar-refractivity contribution < 1.29 is 9.13 Å². The van der Waals surface area contributed by atoms with Gasteiger partial charge in [-0.1, -0.05) is 6.07 Å². The van der Waals surface area contributed by atoms with E-state index in [-0.39, 0.29) is 5.82 Å². The minimum Gasteiger partial charge on any atom is -0.497 e. The van der Waals surface area contributed by atoms with Crippen molar-refractivity contribution in [3.05, 3.63) is 66.1 Å². The zero-order valence-electron chi connectivity index (χ0n) is 13.4. The number of aryl methyl sites for hydroxylation is 1. The number of halogens is 1. The van der Waals surface area contributed by atoms with Crippen molar-refractivity contribution in [3.63, 3.8) is 0 Å². The van der Waals surface area contributed by atoms with E-state index in [9.17, 15) is 4.39 Å². The second-order valence-corrected chi connectivity index (χ2v) is 5.21. The molecule has 0 aliphatic heterocycles. The summed E-state index contributed by atoms with van der Waals surface area (Å²) in [5, 5.41) is 6.29. The predicted octanol–water partition coefficient (Wildman–Crippen LogP) is 4.42. The number of hydrogen-bond donors (Lipinski definition) is 2. The van der Waals surface area contributed by atoms with Crippen LogP contribution in [0.2, 0.25) is 0 Å². The van der Waals surface area contributed by atoms with Crippen LogP contribution >= 0.6 is 0 Å². The third kappa shape index (κ3) is 3.98. The second-order valence-electron chi connectivity index (χ2n) is 5.21. The summed E-state index contributed by atoms with van der Waals surface area (Å²) in [5.74, 6) is 1.56. The minimum atomic E-state index is -0.286. The van der Waals surface area contributed by atoms with E-state index >= 15 is 0 Å². The van der Waals surface area contributed by atoms with Gasteiger partial charge >= 0.3 is 0 Å². The number of nitrogens with zero attached hydrogens (tertiary/aromatic N) is 2. The molecule has 5 nitrogen and oxygen atoms in total. The van der Waals surface area contributed by atoms with E-state index in [1.807, 2.05) is 37.3 Å². The van der Waals surface area contributed by atoms with Gasteiger partial charge in [0.1, 0.15) is 17.4 Å². The molecule has 0 radical (unpaired) electrons. The molecule has 0 unspecified atom stereocenters. The molecule has 6 heteroatoms. The highest BCUT2D eigenvalue weighted by Crippen LogP contribution is 2.22. The van der Waals surface area contributed by atoms with Crippen molar-refractivity contribution in [1.82, 2.24) is 9.97 Å². The number of aromatic nitrogens is 2. The zero-order valence-corrected chi connectivity index (χ0v) is 13.4. The Kier molecular flexibility index (Phi) is 4.56. The number of hydrogen-bond acceptors (Lipinski definition) is 5. The lowest BCUT2D eigenvalue weighted by atomic mass is 10.3. The predicted molar refractivity (Wildman–Crippen MR) is 92.7 cm³/mol. The van der Waals surface area contributed by atoms with Gasteiger partial charge in [-0.3, -0.25) is 0 Å². The van der Waals surface area contributed by atoms with Crippen molar-refractivity contribution >= 4 is 23.1 Å². The van der Waals surface area contributed by atoms with Gasteiger partial charge in [0.25, 0.3) is 0 Å². The fraction of sp³-hybridized carbons (Fsp3) is 0.111. The molecule has 0 fully saturated rings. The van der Waals surface area contributed by atoms with Crippen LogP contribution in [0.15, 0.2) is 54.6 Å². The lowest BCUT2D eigenvalue weighted by molar-refractivity contribution is 0.415. The number of rotatable bonds is 5. The van der Waals surface area contributed by atoms with Crippen molar-refractivity contribution in [1.29, 1.82) is 0 Å². The highest BCUT2D eigenvalue weighted by atomic mass is 19.1. The Balaban J connectivity index is 1.81. The first-order valence-electron chi connectivity index (χ1n) is 7.42. The summed E-state index contributed by atoms with van der Waals surface area (Å²) >= 11 is 0. The molecule has 0 bridgehead atoms. The largest absolute Gasteiger partial charge is 0.497 e. The summed E-state index contributed by atoms with van der Waals surface area (Å²) in [6.45, 7) is 1.88. The number of methoxy groups -OCH3 is 1. The zero-order chi connectivity index (χ0) is 16.9. The van der Waals surface area contributed by atoms with Gasteiger partial charge in [0.2, 0.25) is 5.95 Å². The fourth-order valence-corrected chi connectivity index (χ4v) is 2.20. The molecular formula is C18H17FN4O. The first-order chi connectivity index (χ1) is 11.6. The van der Waals surface area contributed by atoms with E-state index < -0.39 is 0 Å². The minimum absolute atomic E-state index is 0.286. The summed E-state index contributed by atoms with van der Waals surface area (Å²) in [5.41, 5.74) is 2.38. The molecule has 1 aromatic heterocycles. The van der Waals surface area contributed by atoms with Gasteiger partial charge < -0.3 is 15.4 Å². The highest BCUT2D eigenvalue weighted by Gasteiger charge is 2.04. The summed E-state index contributed by atoms with van der Waals surface area (Å²) in [6, 6.07) is 15.4. The van der Waals surface area contributed by atoms with Gasteiger partial charge in [0, 0.05) is 29.2 Å². The maximum Gasteiger partial charge on any atom is 0.229 e. The van der Waals surface area contributed by atoms with Crippen molar-refractivity contribution in [2.75, 3.05) is 17.7 Å². The molecule has 0 amide bonds. The van der Waals surface area contributed by atoms with E-state index in [1.165, 1.54) is 12.1 Å². The Morgan fingerprint density at radius 2 is 1.71 bits per heavy atom. The molecular weight excluding hydrogens is 307 g/mol. The van der Waals surface area contributed by atoms with Gasteiger partial charge in [0.05, 0.1) is 7.11 Å². The van der Waals surface area contributed by atoms with Crippen molar-refractivity contribution in [2.24, 2.45) is 0 Å². The van der Waals surface area contributed by atoms with Gasteiger partial charge in [-0.2, -0.15) is 4.98 Å². The molecule has 0 aliphatic rings. The quantitative estimate of drug-likeness (QED) is 0.727. The SMILES string of the molecule is COc1cccc(Nc2cc(C)nc(Nc3ccc(F)cc3)n2)c1. The second kappa shape index (κ2) is 6.95. The van der Waals surface area contributed by atoms with Crippen LogP contribution in [-0.2, 0) is 0 Å².